The number of aromatic nitrogens is 1. The van der Waals surface area contributed by atoms with Crippen LogP contribution in [0.15, 0.2) is 22.1 Å². The van der Waals surface area contributed by atoms with Gasteiger partial charge >= 0.3 is 0 Å². The first-order valence-corrected chi connectivity index (χ1v) is 7.58. The van der Waals surface area contributed by atoms with Crippen molar-refractivity contribution in [1.82, 2.24) is 10.3 Å². The molecule has 0 saturated heterocycles. The number of hydrogen-bond donors (Lipinski definition) is 1. The molecule has 86 valence electrons. The molecule has 0 radical (unpaired) electrons. The van der Waals surface area contributed by atoms with Crippen LogP contribution in [0.2, 0.25) is 0 Å². The molecule has 0 amide bonds. The molecule has 2 aromatic rings. The second-order valence-corrected chi connectivity index (χ2v) is 6.75. The minimum Gasteiger partial charge on any atom is -0.311 e. The topological polar surface area (TPSA) is 24.9 Å². The van der Waals surface area contributed by atoms with Gasteiger partial charge in [-0.05, 0) is 28.9 Å². The van der Waals surface area contributed by atoms with E-state index in [2.05, 4.69) is 44.6 Å². The Bertz CT molecular complexity index is 408. The molecule has 2 heterocycles. The van der Waals surface area contributed by atoms with Crippen LogP contribution in [0.25, 0.3) is 0 Å². The fraction of sp³-hybridized carbons (Fsp3) is 0.364. The highest BCUT2D eigenvalue weighted by atomic mass is 79.9. The van der Waals surface area contributed by atoms with Crippen LogP contribution in [-0.2, 0) is 13.0 Å². The minimum absolute atomic E-state index is 0.945. The Morgan fingerprint density at radius 3 is 3.00 bits per heavy atom. The van der Waals surface area contributed by atoms with Crippen molar-refractivity contribution in [2.75, 3.05) is 6.54 Å². The molecule has 16 heavy (non-hydrogen) atoms. The molecule has 0 fully saturated rings. The molecule has 0 aliphatic carbocycles. The monoisotopic (exact) mass is 316 g/mol. The van der Waals surface area contributed by atoms with Gasteiger partial charge in [-0.1, -0.05) is 0 Å². The number of rotatable bonds is 5. The number of thiazole rings is 1. The maximum Gasteiger partial charge on any atom is 0.0940 e. The first-order chi connectivity index (χ1) is 7.74. The highest BCUT2D eigenvalue weighted by molar-refractivity contribution is 9.10. The van der Waals surface area contributed by atoms with Crippen LogP contribution < -0.4 is 5.32 Å². The van der Waals surface area contributed by atoms with E-state index in [9.17, 15) is 0 Å². The second-order valence-electron chi connectivity index (χ2n) is 3.52. The van der Waals surface area contributed by atoms with Crippen LogP contribution in [0, 0.1) is 6.92 Å². The molecule has 0 atom stereocenters. The number of halogens is 1. The van der Waals surface area contributed by atoms with E-state index in [0.29, 0.717) is 0 Å². The van der Waals surface area contributed by atoms with Crippen LogP contribution in [0.4, 0.5) is 0 Å². The maximum absolute atomic E-state index is 4.34. The van der Waals surface area contributed by atoms with Gasteiger partial charge in [0.05, 0.1) is 5.01 Å². The van der Waals surface area contributed by atoms with Crippen molar-refractivity contribution in [3.63, 3.8) is 0 Å². The van der Waals surface area contributed by atoms with Gasteiger partial charge in [0.15, 0.2) is 0 Å². The summed E-state index contributed by atoms with van der Waals surface area (Å²) in [6.45, 7) is 4.03. The predicted octanol–water partition coefficient (Wildman–Crippen LogP) is 3.61. The number of thiophene rings is 1. The number of hydrogen-bond acceptors (Lipinski definition) is 4. The molecule has 0 aliphatic heterocycles. The molecular formula is C11H13BrN2S2. The lowest BCUT2D eigenvalue weighted by molar-refractivity contribution is 0.691. The first-order valence-electron chi connectivity index (χ1n) is 5.09. The summed E-state index contributed by atoms with van der Waals surface area (Å²) in [7, 11) is 0. The normalized spacial score (nSPS) is 10.9. The van der Waals surface area contributed by atoms with Crippen molar-refractivity contribution in [3.05, 3.63) is 36.9 Å². The average Bonchev–Trinajstić information content (AvgIpc) is 2.83. The van der Waals surface area contributed by atoms with Crippen molar-refractivity contribution in [2.45, 2.75) is 19.9 Å². The van der Waals surface area contributed by atoms with E-state index in [1.165, 1.54) is 19.2 Å². The lowest BCUT2D eigenvalue weighted by atomic mass is 10.4. The van der Waals surface area contributed by atoms with E-state index in [1.807, 2.05) is 6.20 Å². The molecule has 2 aromatic heterocycles. The molecule has 2 rings (SSSR count). The van der Waals surface area contributed by atoms with Crippen LogP contribution in [-0.4, -0.2) is 11.5 Å². The minimum atomic E-state index is 0.945. The molecule has 0 bridgehead atoms. The standard InChI is InChI=1S/C11H13BrN2S2/c1-8-5-14-11(16-8)2-3-13-6-10-4-9(12)7-15-10/h4-5,7,13H,2-3,6H2,1H3. The van der Waals surface area contributed by atoms with E-state index < -0.39 is 0 Å². The van der Waals surface area contributed by atoms with Gasteiger partial charge < -0.3 is 5.32 Å². The molecule has 0 aliphatic rings. The van der Waals surface area contributed by atoms with E-state index >= 15 is 0 Å². The third-order valence-electron chi connectivity index (χ3n) is 2.11. The van der Waals surface area contributed by atoms with Crippen LogP contribution in [0.1, 0.15) is 14.8 Å². The SMILES string of the molecule is Cc1cnc(CCNCc2cc(Br)cs2)s1. The van der Waals surface area contributed by atoms with Crippen LogP contribution >= 0.6 is 38.6 Å². The van der Waals surface area contributed by atoms with E-state index in [1.54, 1.807) is 22.7 Å². The van der Waals surface area contributed by atoms with Crippen LogP contribution in [0.5, 0.6) is 0 Å². The third-order valence-corrected chi connectivity index (χ3v) is 4.78. The van der Waals surface area contributed by atoms with Gasteiger partial charge in [0.25, 0.3) is 0 Å². The van der Waals surface area contributed by atoms with Gasteiger partial charge in [0.1, 0.15) is 0 Å². The smallest absolute Gasteiger partial charge is 0.0940 e. The van der Waals surface area contributed by atoms with E-state index in [0.717, 1.165) is 19.5 Å². The lowest BCUT2D eigenvalue weighted by Gasteiger charge is -2.00. The largest absolute Gasteiger partial charge is 0.311 e. The van der Waals surface area contributed by atoms with Gasteiger partial charge in [-0.3, -0.25) is 0 Å². The average molecular weight is 317 g/mol. The van der Waals surface area contributed by atoms with Crippen molar-refractivity contribution in [1.29, 1.82) is 0 Å². The number of nitrogens with zero attached hydrogens (tertiary/aromatic N) is 1. The van der Waals surface area contributed by atoms with Gasteiger partial charge in [0, 0.05) is 45.3 Å². The third kappa shape index (κ3) is 3.66. The summed E-state index contributed by atoms with van der Waals surface area (Å²) in [5, 5.41) is 6.76. The van der Waals surface area contributed by atoms with Crippen LogP contribution in [0.3, 0.4) is 0 Å². The summed E-state index contributed by atoms with van der Waals surface area (Å²) < 4.78 is 1.17. The Morgan fingerprint density at radius 2 is 2.38 bits per heavy atom. The zero-order valence-electron chi connectivity index (χ0n) is 9.00. The Morgan fingerprint density at radius 1 is 1.50 bits per heavy atom. The quantitative estimate of drug-likeness (QED) is 0.852. The molecule has 0 unspecified atom stereocenters. The van der Waals surface area contributed by atoms with E-state index in [-0.39, 0.29) is 0 Å². The Labute approximate surface area is 112 Å². The molecule has 0 saturated carbocycles. The summed E-state index contributed by atoms with van der Waals surface area (Å²) in [6, 6.07) is 2.16. The lowest BCUT2D eigenvalue weighted by Crippen LogP contribution is -2.15. The first kappa shape index (κ1) is 12.2. The van der Waals surface area contributed by atoms with Crippen molar-refractivity contribution in [2.24, 2.45) is 0 Å². The molecule has 0 spiro atoms. The zero-order valence-corrected chi connectivity index (χ0v) is 12.2. The second kappa shape index (κ2) is 5.91. The summed E-state index contributed by atoms with van der Waals surface area (Å²) >= 11 is 7.01. The van der Waals surface area contributed by atoms with Gasteiger partial charge in [-0.15, -0.1) is 22.7 Å². The molecule has 1 N–H and O–H groups in total. The molecular weight excluding hydrogens is 304 g/mol. The van der Waals surface area contributed by atoms with Crippen molar-refractivity contribution >= 4 is 38.6 Å². The maximum atomic E-state index is 4.34. The highest BCUT2D eigenvalue weighted by Gasteiger charge is 1.99. The van der Waals surface area contributed by atoms with E-state index in [4.69, 9.17) is 0 Å². The van der Waals surface area contributed by atoms with Gasteiger partial charge in [-0.2, -0.15) is 0 Å². The van der Waals surface area contributed by atoms with Gasteiger partial charge in [0.2, 0.25) is 0 Å². The van der Waals surface area contributed by atoms with Gasteiger partial charge in [-0.25, -0.2) is 4.98 Å². The Hall–Kier alpha value is -0.230. The molecule has 5 heteroatoms. The zero-order chi connectivity index (χ0) is 11.4. The highest BCUT2D eigenvalue weighted by Crippen LogP contribution is 2.19. The van der Waals surface area contributed by atoms with Crippen molar-refractivity contribution < 1.29 is 0 Å². The molecule has 2 nitrogen and oxygen atoms in total. The Balaban J connectivity index is 1.69. The number of aryl methyl sites for hydroxylation is 1. The predicted molar refractivity (Wildman–Crippen MR) is 74.3 cm³/mol. The Kier molecular flexibility index (Phi) is 4.52. The fourth-order valence-corrected chi connectivity index (χ4v) is 3.58. The summed E-state index contributed by atoms with van der Waals surface area (Å²) in [6.07, 6.45) is 2.96. The summed E-state index contributed by atoms with van der Waals surface area (Å²) in [5.41, 5.74) is 0. The molecule has 0 aromatic carbocycles. The number of nitrogens with one attached hydrogen (secondary N) is 1. The van der Waals surface area contributed by atoms with Crippen molar-refractivity contribution in [3.8, 4) is 0 Å². The fourth-order valence-electron chi connectivity index (χ4n) is 1.37. The summed E-state index contributed by atoms with van der Waals surface area (Å²) in [4.78, 5) is 6.99. The summed E-state index contributed by atoms with van der Waals surface area (Å²) in [5.74, 6) is 0.